The zero-order valence-corrected chi connectivity index (χ0v) is 18.4. The molecule has 0 bridgehead atoms. The van der Waals surface area contributed by atoms with Gasteiger partial charge in [-0.25, -0.2) is 9.67 Å². The number of carbonyl (C=O) groups is 1. The van der Waals surface area contributed by atoms with E-state index in [-0.39, 0.29) is 23.2 Å². The first-order valence-corrected chi connectivity index (χ1v) is 11.0. The highest BCUT2D eigenvalue weighted by Gasteiger charge is 2.36. The molecule has 0 aliphatic carbocycles. The zero-order chi connectivity index (χ0) is 21.4. The summed E-state index contributed by atoms with van der Waals surface area (Å²) in [7, 11) is 1.58. The number of fused-ring (bicyclic) bond motifs is 1. The highest BCUT2D eigenvalue weighted by atomic mass is 32.2. The van der Waals surface area contributed by atoms with Crippen LogP contribution < -0.4 is 5.56 Å². The molecule has 0 spiro atoms. The Labute approximate surface area is 179 Å². The Balaban J connectivity index is 1.83. The van der Waals surface area contributed by atoms with Crippen LogP contribution >= 0.6 is 11.8 Å². The fourth-order valence-electron chi connectivity index (χ4n) is 3.72. The molecule has 1 amide bonds. The van der Waals surface area contributed by atoms with Crippen molar-refractivity contribution >= 4 is 39.3 Å². The Morgan fingerprint density at radius 2 is 1.93 bits per heavy atom. The number of carbonyl (C=O) groups excluding carboxylic acids is 1. The van der Waals surface area contributed by atoms with Crippen LogP contribution in [-0.2, 0) is 7.05 Å². The van der Waals surface area contributed by atoms with E-state index >= 15 is 0 Å². The van der Waals surface area contributed by atoms with E-state index < -0.39 is 0 Å². The van der Waals surface area contributed by atoms with Gasteiger partial charge in [0.2, 0.25) is 0 Å². The topological polar surface area (TPSA) is 67.6 Å². The molecular formula is C23H24N4O2S. The summed E-state index contributed by atoms with van der Waals surface area (Å²) >= 11 is 1.59. The summed E-state index contributed by atoms with van der Waals surface area (Å²) in [5, 5.41) is 6.08. The highest BCUT2D eigenvalue weighted by Crippen LogP contribution is 2.32. The first-order valence-electron chi connectivity index (χ1n) is 9.99. The molecule has 2 heterocycles. The minimum Gasteiger partial charge on any atom is -0.282 e. The van der Waals surface area contributed by atoms with Gasteiger partial charge in [0, 0.05) is 24.2 Å². The van der Waals surface area contributed by atoms with Gasteiger partial charge in [0.15, 0.2) is 10.9 Å². The monoisotopic (exact) mass is 420 g/mol. The first-order chi connectivity index (χ1) is 14.4. The van der Waals surface area contributed by atoms with E-state index in [4.69, 9.17) is 4.99 Å². The highest BCUT2D eigenvalue weighted by molar-refractivity contribution is 8.14. The Morgan fingerprint density at radius 3 is 2.63 bits per heavy atom. The van der Waals surface area contributed by atoms with Gasteiger partial charge in [0.1, 0.15) is 0 Å². The van der Waals surface area contributed by atoms with Crippen LogP contribution in [0.25, 0.3) is 10.8 Å². The molecule has 1 aromatic heterocycles. The minimum absolute atomic E-state index is 0.0322. The number of aliphatic imine (C=N–C) groups is 1. The number of nitrogens with zero attached hydrogens (tertiary/aromatic N) is 4. The van der Waals surface area contributed by atoms with E-state index in [1.54, 1.807) is 41.9 Å². The molecule has 4 rings (SSSR count). The third-order valence-corrected chi connectivity index (χ3v) is 6.49. The summed E-state index contributed by atoms with van der Waals surface area (Å²) in [6, 6.07) is 13.3. The lowest BCUT2D eigenvalue weighted by Crippen LogP contribution is -2.40. The summed E-state index contributed by atoms with van der Waals surface area (Å²) in [6.45, 7) is 6.14. The van der Waals surface area contributed by atoms with Gasteiger partial charge in [0.25, 0.3) is 11.5 Å². The van der Waals surface area contributed by atoms with E-state index in [0.29, 0.717) is 15.9 Å². The SMILES string of the molecule is CC[C@@H]1CSC(=Nc2ccc(C)cc2C)N1C(=O)c1nn(C)c(=O)c2ccccc12. The van der Waals surface area contributed by atoms with Crippen LogP contribution in [0.2, 0.25) is 0 Å². The Kier molecular flexibility index (Phi) is 5.47. The number of aromatic nitrogens is 2. The number of amides is 1. The van der Waals surface area contributed by atoms with Crippen LogP contribution in [0.1, 0.15) is 35.0 Å². The summed E-state index contributed by atoms with van der Waals surface area (Å²) in [4.78, 5) is 32.7. The van der Waals surface area contributed by atoms with Crippen molar-refractivity contribution in [2.45, 2.75) is 33.2 Å². The van der Waals surface area contributed by atoms with Crippen molar-refractivity contribution in [3.05, 3.63) is 69.6 Å². The summed E-state index contributed by atoms with van der Waals surface area (Å²) in [5.74, 6) is 0.567. The van der Waals surface area contributed by atoms with Crippen molar-refractivity contribution in [2.24, 2.45) is 12.0 Å². The van der Waals surface area contributed by atoms with Crippen molar-refractivity contribution in [2.75, 3.05) is 5.75 Å². The normalized spacial score (nSPS) is 17.8. The van der Waals surface area contributed by atoms with E-state index in [0.717, 1.165) is 23.4 Å². The van der Waals surface area contributed by atoms with Gasteiger partial charge >= 0.3 is 0 Å². The molecule has 0 unspecified atom stereocenters. The largest absolute Gasteiger partial charge is 0.282 e. The van der Waals surface area contributed by atoms with E-state index in [1.807, 2.05) is 32.0 Å². The molecule has 0 saturated carbocycles. The van der Waals surface area contributed by atoms with Gasteiger partial charge in [-0.3, -0.25) is 14.5 Å². The van der Waals surface area contributed by atoms with Gasteiger partial charge < -0.3 is 0 Å². The molecule has 3 aromatic rings. The van der Waals surface area contributed by atoms with Crippen molar-refractivity contribution < 1.29 is 4.79 Å². The molecule has 1 saturated heterocycles. The van der Waals surface area contributed by atoms with Gasteiger partial charge in [-0.2, -0.15) is 5.10 Å². The molecule has 1 atom stereocenters. The summed E-state index contributed by atoms with van der Waals surface area (Å²) in [6.07, 6.45) is 0.814. The fourth-order valence-corrected chi connectivity index (χ4v) is 4.98. The van der Waals surface area contributed by atoms with Crippen LogP contribution in [-0.4, -0.2) is 37.5 Å². The Bertz CT molecular complexity index is 1230. The molecule has 0 radical (unpaired) electrons. The van der Waals surface area contributed by atoms with Gasteiger partial charge in [-0.05, 0) is 38.0 Å². The Hall–Kier alpha value is -2.93. The van der Waals surface area contributed by atoms with Gasteiger partial charge in [-0.15, -0.1) is 0 Å². The Morgan fingerprint density at radius 1 is 1.20 bits per heavy atom. The molecule has 1 aliphatic heterocycles. The second-order valence-corrected chi connectivity index (χ2v) is 8.54. The minimum atomic E-state index is -0.220. The summed E-state index contributed by atoms with van der Waals surface area (Å²) < 4.78 is 1.24. The van der Waals surface area contributed by atoms with E-state index in [2.05, 4.69) is 18.1 Å². The number of hydrogen-bond donors (Lipinski definition) is 0. The van der Waals surface area contributed by atoms with Crippen LogP contribution in [0.4, 0.5) is 5.69 Å². The third kappa shape index (κ3) is 3.54. The average Bonchev–Trinajstić information content (AvgIpc) is 3.15. The second-order valence-electron chi connectivity index (χ2n) is 7.56. The maximum Gasteiger partial charge on any atom is 0.281 e. The molecule has 1 fully saturated rings. The number of amidine groups is 1. The second kappa shape index (κ2) is 8.07. The quantitative estimate of drug-likeness (QED) is 0.637. The first kappa shape index (κ1) is 20.3. The van der Waals surface area contributed by atoms with Crippen LogP contribution in [0.15, 0.2) is 52.3 Å². The number of aryl methyl sites for hydroxylation is 3. The van der Waals surface area contributed by atoms with Gasteiger partial charge in [-0.1, -0.05) is 54.6 Å². The lowest BCUT2D eigenvalue weighted by atomic mass is 10.1. The van der Waals surface area contributed by atoms with Gasteiger partial charge in [0.05, 0.1) is 11.1 Å². The number of hydrogen-bond acceptors (Lipinski definition) is 5. The predicted octanol–water partition coefficient (Wildman–Crippen LogP) is 4.21. The number of rotatable bonds is 3. The van der Waals surface area contributed by atoms with E-state index in [9.17, 15) is 9.59 Å². The molecule has 0 N–H and O–H groups in total. The van der Waals surface area contributed by atoms with Crippen LogP contribution in [0.3, 0.4) is 0 Å². The molecule has 2 aromatic carbocycles. The molecule has 154 valence electrons. The van der Waals surface area contributed by atoms with Crippen molar-refractivity contribution in [1.82, 2.24) is 14.7 Å². The van der Waals surface area contributed by atoms with Crippen molar-refractivity contribution in [1.29, 1.82) is 0 Å². The van der Waals surface area contributed by atoms with Crippen molar-refractivity contribution in [3.8, 4) is 0 Å². The number of benzene rings is 2. The van der Waals surface area contributed by atoms with Crippen molar-refractivity contribution in [3.63, 3.8) is 0 Å². The fraction of sp³-hybridized carbons (Fsp3) is 0.304. The van der Waals surface area contributed by atoms with E-state index in [1.165, 1.54) is 10.2 Å². The van der Waals surface area contributed by atoms with Crippen LogP contribution in [0, 0.1) is 13.8 Å². The third-order valence-electron chi connectivity index (χ3n) is 5.39. The lowest BCUT2D eigenvalue weighted by molar-refractivity contribution is 0.0813. The standard InChI is InChI=1S/C23H24N4O2S/c1-5-16-13-30-23(24-19-11-10-14(2)12-15(19)3)27(16)22(29)20-17-8-6-7-9-18(17)21(28)26(4)25-20/h6-12,16H,5,13H2,1-4H3/t16-/m1/s1. The predicted molar refractivity (Wildman–Crippen MR) is 123 cm³/mol. The molecule has 1 aliphatic rings. The molecule has 6 nitrogen and oxygen atoms in total. The molecule has 7 heteroatoms. The maximum absolute atomic E-state index is 13.7. The van der Waals surface area contributed by atoms with Crippen LogP contribution in [0.5, 0.6) is 0 Å². The molecular weight excluding hydrogens is 396 g/mol. The maximum atomic E-state index is 13.7. The summed E-state index contributed by atoms with van der Waals surface area (Å²) in [5.41, 5.74) is 3.17. The average molecular weight is 421 g/mol. The lowest BCUT2D eigenvalue weighted by Gasteiger charge is -2.23. The molecule has 30 heavy (non-hydrogen) atoms. The smallest absolute Gasteiger partial charge is 0.281 e. The number of thioether (sulfide) groups is 1. The zero-order valence-electron chi connectivity index (χ0n) is 17.5.